The van der Waals surface area contributed by atoms with Gasteiger partial charge in [-0.25, -0.2) is 0 Å². The third-order valence-electron chi connectivity index (χ3n) is 5.27. The standard InChI is InChI=1S/C18H25N3O2/c1-21(2)16-5-3-4-14(10-16)18(23)20-19-17(22)11-15-9-12-6-7-13(15)8-12/h3-5,10,12-13,15H,6-9,11H2,1-2H3,(H,19,22)(H,20,23)/t12-,13+,15+/m0/s1. The van der Waals surface area contributed by atoms with Crippen LogP contribution in [0.1, 0.15) is 42.5 Å². The first-order valence-electron chi connectivity index (χ1n) is 8.39. The normalized spacial score (nSPS) is 25.2. The predicted molar refractivity (Wildman–Crippen MR) is 89.9 cm³/mol. The van der Waals surface area contributed by atoms with Crippen molar-refractivity contribution in [2.24, 2.45) is 17.8 Å². The number of carbonyl (C=O) groups is 2. The maximum atomic E-state index is 12.1. The van der Waals surface area contributed by atoms with Gasteiger partial charge in [0.2, 0.25) is 5.91 Å². The molecule has 5 nitrogen and oxygen atoms in total. The Bertz CT molecular complexity index is 600. The number of benzene rings is 1. The van der Waals surface area contributed by atoms with Gasteiger partial charge in [-0.1, -0.05) is 12.5 Å². The third kappa shape index (κ3) is 3.66. The highest BCUT2D eigenvalue weighted by Gasteiger charge is 2.40. The molecular weight excluding hydrogens is 290 g/mol. The molecule has 2 bridgehead atoms. The molecule has 2 aliphatic carbocycles. The number of nitrogens with one attached hydrogen (secondary N) is 2. The molecule has 1 aromatic carbocycles. The fourth-order valence-electron chi connectivity index (χ4n) is 4.04. The summed E-state index contributed by atoms with van der Waals surface area (Å²) in [5.41, 5.74) is 6.58. The number of nitrogens with zero attached hydrogens (tertiary/aromatic N) is 1. The van der Waals surface area contributed by atoms with E-state index in [2.05, 4.69) is 10.9 Å². The number of anilines is 1. The Morgan fingerprint density at radius 2 is 2.00 bits per heavy atom. The molecule has 2 N–H and O–H groups in total. The lowest BCUT2D eigenvalue weighted by molar-refractivity contribution is -0.123. The summed E-state index contributed by atoms with van der Waals surface area (Å²) in [5.74, 6) is 1.69. The van der Waals surface area contributed by atoms with E-state index >= 15 is 0 Å². The van der Waals surface area contributed by atoms with E-state index in [0.29, 0.717) is 17.9 Å². The zero-order chi connectivity index (χ0) is 16.4. The summed E-state index contributed by atoms with van der Waals surface area (Å²) < 4.78 is 0. The molecule has 0 spiro atoms. The summed E-state index contributed by atoms with van der Waals surface area (Å²) >= 11 is 0. The molecular formula is C18H25N3O2. The molecule has 3 atom stereocenters. The number of amides is 2. The molecule has 0 aromatic heterocycles. The van der Waals surface area contributed by atoms with Gasteiger partial charge in [-0.3, -0.25) is 20.4 Å². The van der Waals surface area contributed by atoms with Crippen LogP contribution in [-0.2, 0) is 4.79 Å². The monoisotopic (exact) mass is 315 g/mol. The van der Waals surface area contributed by atoms with Gasteiger partial charge in [-0.15, -0.1) is 0 Å². The molecule has 1 aromatic rings. The number of hydrazine groups is 1. The Labute approximate surface area is 137 Å². The molecule has 2 aliphatic rings. The summed E-state index contributed by atoms with van der Waals surface area (Å²) in [4.78, 5) is 26.1. The van der Waals surface area contributed by atoms with Crippen molar-refractivity contribution < 1.29 is 9.59 Å². The van der Waals surface area contributed by atoms with Gasteiger partial charge in [-0.2, -0.15) is 0 Å². The van der Waals surface area contributed by atoms with Gasteiger partial charge in [-0.05, 0) is 55.2 Å². The topological polar surface area (TPSA) is 61.4 Å². The summed E-state index contributed by atoms with van der Waals surface area (Å²) in [6.07, 6.45) is 5.60. The van der Waals surface area contributed by atoms with Crippen molar-refractivity contribution in [1.29, 1.82) is 0 Å². The van der Waals surface area contributed by atoms with Crippen LogP contribution in [0, 0.1) is 17.8 Å². The van der Waals surface area contributed by atoms with Gasteiger partial charge in [0.25, 0.3) is 5.91 Å². The van der Waals surface area contributed by atoms with Gasteiger partial charge in [0, 0.05) is 31.8 Å². The molecule has 0 unspecified atom stereocenters. The van der Waals surface area contributed by atoms with Crippen molar-refractivity contribution in [1.82, 2.24) is 10.9 Å². The maximum absolute atomic E-state index is 12.1. The lowest BCUT2D eigenvalue weighted by Gasteiger charge is -2.21. The summed E-state index contributed by atoms with van der Waals surface area (Å²) in [5, 5.41) is 0. The second-order valence-electron chi connectivity index (χ2n) is 7.09. The van der Waals surface area contributed by atoms with E-state index in [-0.39, 0.29) is 11.8 Å². The lowest BCUT2D eigenvalue weighted by atomic mass is 9.86. The van der Waals surface area contributed by atoms with Crippen LogP contribution >= 0.6 is 0 Å². The number of hydrogen-bond acceptors (Lipinski definition) is 3. The summed E-state index contributed by atoms with van der Waals surface area (Å²) in [6, 6.07) is 7.31. The van der Waals surface area contributed by atoms with Crippen LogP contribution in [0.5, 0.6) is 0 Å². The minimum Gasteiger partial charge on any atom is -0.378 e. The van der Waals surface area contributed by atoms with Crippen LogP contribution < -0.4 is 15.8 Å². The van der Waals surface area contributed by atoms with Crippen LogP contribution in [-0.4, -0.2) is 25.9 Å². The minimum absolute atomic E-state index is 0.0836. The van der Waals surface area contributed by atoms with Crippen molar-refractivity contribution in [3.63, 3.8) is 0 Å². The summed E-state index contributed by atoms with van der Waals surface area (Å²) in [6.45, 7) is 0. The van der Waals surface area contributed by atoms with E-state index in [1.165, 1.54) is 25.7 Å². The molecule has 0 radical (unpaired) electrons. The molecule has 5 heteroatoms. The van der Waals surface area contributed by atoms with Crippen LogP contribution in [0.2, 0.25) is 0 Å². The van der Waals surface area contributed by atoms with Crippen LogP contribution in [0.4, 0.5) is 5.69 Å². The van der Waals surface area contributed by atoms with Crippen LogP contribution in [0.15, 0.2) is 24.3 Å². The molecule has 23 heavy (non-hydrogen) atoms. The predicted octanol–water partition coefficient (Wildman–Crippen LogP) is 2.34. The van der Waals surface area contributed by atoms with E-state index in [1.54, 1.807) is 12.1 Å². The Balaban J connectivity index is 1.48. The van der Waals surface area contributed by atoms with Crippen molar-refractivity contribution >= 4 is 17.5 Å². The highest BCUT2D eigenvalue weighted by molar-refractivity contribution is 5.96. The van der Waals surface area contributed by atoms with Crippen molar-refractivity contribution in [2.75, 3.05) is 19.0 Å². The first-order chi connectivity index (χ1) is 11.0. The largest absolute Gasteiger partial charge is 0.378 e. The molecule has 2 fully saturated rings. The molecule has 0 aliphatic heterocycles. The van der Waals surface area contributed by atoms with Crippen molar-refractivity contribution in [2.45, 2.75) is 32.1 Å². The molecule has 124 valence electrons. The molecule has 3 rings (SSSR count). The average molecular weight is 315 g/mol. The smallest absolute Gasteiger partial charge is 0.269 e. The SMILES string of the molecule is CN(C)c1cccc(C(=O)NNC(=O)C[C@H]2C[C@H]3CC[C@@H]2C3)c1. The fourth-order valence-corrected chi connectivity index (χ4v) is 4.04. The van der Waals surface area contributed by atoms with Crippen molar-refractivity contribution in [3.8, 4) is 0 Å². The van der Waals surface area contributed by atoms with Crippen LogP contribution in [0.3, 0.4) is 0 Å². The van der Waals surface area contributed by atoms with E-state index in [0.717, 1.165) is 17.5 Å². The van der Waals surface area contributed by atoms with Crippen LogP contribution in [0.25, 0.3) is 0 Å². The van der Waals surface area contributed by atoms with E-state index in [9.17, 15) is 9.59 Å². The minimum atomic E-state index is -0.282. The first-order valence-corrected chi connectivity index (χ1v) is 8.39. The number of rotatable bonds is 4. The Morgan fingerprint density at radius 1 is 1.17 bits per heavy atom. The van der Waals surface area contributed by atoms with E-state index in [4.69, 9.17) is 0 Å². The second-order valence-corrected chi connectivity index (χ2v) is 7.09. The fraction of sp³-hybridized carbons (Fsp3) is 0.556. The average Bonchev–Trinajstić information content (AvgIpc) is 3.15. The highest BCUT2D eigenvalue weighted by atomic mass is 16.2. The number of carbonyl (C=O) groups excluding carboxylic acids is 2. The Morgan fingerprint density at radius 3 is 2.65 bits per heavy atom. The van der Waals surface area contributed by atoms with Crippen molar-refractivity contribution in [3.05, 3.63) is 29.8 Å². The maximum Gasteiger partial charge on any atom is 0.269 e. The second kappa shape index (κ2) is 6.60. The van der Waals surface area contributed by atoms with Gasteiger partial charge in [0.1, 0.15) is 0 Å². The van der Waals surface area contributed by atoms with Gasteiger partial charge >= 0.3 is 0 Å². The zero-order valence-corrected chi connectivity index (χ0v) is 13.8. The van der Waals surface area contributed by atoms with Gasteiger partial charge in [0.05, 0.1) is 0 Å². The van der Waals surface area contributed by atoms with E-state index < -0.39 is 0 Å². The van der Waals surface area contributed by atoms with Gasteiger partial charge in [0.15, 0.2) is 0 Å². The Kier molecular flexibility index (Phi) is 4.55. The lowest BCUT2D eigenvalue weighted by Crippen LogP contribution is -2.42. The third-order valence-corrected chi connectivity index (χ3v) is 5.27. The number of hydrogen-bond donors (Lipinski definition) is 2. The number of fused-ring (bicyclic) bond motifs is 2. The highest BCUT2D eigenvalue weighted by Crippen LogP contribution is 2.49. The summed E-state index contributed by atoms with van der Waals surface area (Å²) in [7, 11) is 3.85. The quantitative estimate of drug-likeness (QED) is 0.838. The first kappa shape index (κ1) is 15.8. The van der Waals surface area contributed by atoms with E-state index in [1.807, 2.05) is 31.1 Å². The Hall–Kier alpha value is -2.04. The van der Waals surface area contributed by atoms with Gasteiger partial charge < -0.3 is 4.90 Å². The zero-order valence-electron chi connectivity index (χ0n) is 13.8. The molecule has 0 heterocycles. The molecule has 2 saturated carbocycles. The molecule has 0 saturated heterocycles. The molecule has 2 amide bonds.